The van der Waals surface area contributed by atoms with Crippen LogP contribution in [0.2, 0.25) is 0 Å². The lowest BCUT2D eigenvalue weighted by molar-refractivity contribution is -0.00521. The Bertz CT molecular complexity index is 335. The molecule has 3 unspecified atom stereocenters. The van der Waals surface area contributed by atoms with E-state index in [1.165, 1.54) is 0 Å². The molecule has 0 spiro atoms. The Kier molecular flexibility index (Phi) is 6.80. The van der Waals surface area contributed by atoms with E-state index in [4.69, 9.17) is 9.84 Å². The van der Waals surface area contributed by atoms with Crippen molar-refractivity contribution in [2.45, 2.75) is 64.2 Å². The minimum atomic E-state index is -2.74. The second-order valence-corrected chi connectivity index (χ2v) is 6.49. The number of aliphatic hydroxyl groups is 1. The second kappa shape index (κ2) is 7.89. The number of hydrogen-bond acceptors (Lipinski definition) is 4. The van der Waals surface area contributed by atoms with Crippen LogP contribution >= 0.6 is 0 Å². The fourth-order valence-corrected chi connectivity index (χ4v) is 2.44. The molecule has 0 saturated heterocycles. The van der Waals surface area contributed by atoms with Gasteiger partial charge in [0, 0.05) is 19.1 Å². The predicted octanol–water partition coefficient (Wildman–Crippen LogP) is 1.90. The fourth-order valence-electron chi connectivity index (χ4n) is 2.44. The summed E-state index contributed by atoms with van der Waals surface area (Å²) in [6, 6.07) is 0.0355. The van der Waals surface area contributed by atoms with Crippen LogP contribution in [0.4, 0.5) is 13.6 Å². The summed E-state index contributed by atoms with van der Waals surface area (Å²) in [7, 11) is 0. The van der Waals surface area contributed by atoms with E-state index < -0.39 is 24.2 Å². The molecular weight excluding hydrogens is 282 g/mol. The molecule has 0 radical (unpaired) electrons. The average Bonchev–Trinajstić information content (AvgIpc) is 2.78. The largest absolute Gasteiger partial charge is 0.444 e. The van der Waals surface area contributed by atoms with Crippen LogP contribution in [-0.2, 0) is 4.74 Å². The van der Waals surface area contributed by atoms with Gasteiger partial charge in [0.1, 0.15) is 11.7 Å². The lowest BCUT2D eigenvalue weighted by Crippen LogP contribution is -2.44. The highest BCUT2D eigenvalue weighted by atomic mass is 19.3. The van der Waals surface area contributed by atoms with Gasteiger partial charge in [0.15, 0.2) is 0 Å². The van der Waals surface area contributed by atoms with Crippen LogP contribution in [-0.4, -0.2) is 48.5 Å². The van der Waals surface area contributed by atoms with E-state index in [-0.39, 0.29) is 18.5 Å². The molecule has 3 N–H and O–H groups in total. The van der Waals surface area contributed by atoms with Crippen molar-refractivity contribution in [2.24, 2.45) is 5.92 Å². The topological polar surface area (TPSA) is 70.6 Å². The first kappa shape index (κ1) is 18.1. The Morgan fingerprint density at radius 3 is 2.62 bits per heavy atom. The molecule has 5 nitrogen and oxygen atoms in total. The molecule has 124 valence electrons. The van der Waals surface area contributed by atoms with Gasteiger partial charge >= 0.3 is 6.09 Å². The molecule has 1 aliphatic rings. The van der Waals surface area contributed by atoms with Crippen LogP contribution < -0.4 is 10.6 Å². The number of alkyl halides is 2. The van der Waals surface area contributed by atoms with E-state index in [0.29, 0.717) is 6.54 Å². The molecule has 0 aliphatic heterocycles. The second-order valence-electron chi connectivity index (χ2n) is 6.49. The van der Waals surface area contributed by atoms with Crippen molar-refractivity contribution in [1.82, 2.24) is 10.6 Å². The molecule has 21 heavy (non-hydrogen) atoms. The number of nitrogens with one attached hydrogen (secondary N) is 2. The molecule has 0 heterocycles. The summed E-state index contributed by atoms with van der Waals surface area (Å²) in [6.07, 6.45) is -2.11. The van der Waals surface area contributed by atoms with Crippen LogP contribution in [0.25, 0.3) is 0 Å². The van der Waals surface area contributed by atoms with Gasteiger partial charge in [0.2, 0.25) is 0 Å². The van der Waals surface area contributed by atoms with Gasteiger partial charge in [-0.25, -0.2) is 13.6 Å². The van der Waals surface area contributed by atoms with Gasteiger partial charge in [-0.05, 0) is 39.5 Å². The Hall–Kier alpha value is -0.950. The monoisotopic (exact) mass is 308 g/mol. The Morgan fingerprint density at radius 1 is 1.38 bits per heavy atom. The van der Waals surface area contributed by atoms with Crippen LogP contribution in [0.1, 0.15) is 40.0 Å². The Morgan fingerprint density at radius 2 is 2.05 bits per heavy atom. The van der Waals surface area contributed by atoms with E-state index in [0.717, 1.165) is 19.3 Å². The molecular formula is C14H26F2N2O3. The average molecular weight is 308 g/mol. The maximum atomic E-state index is 12.2. The number of alkyl carbamates (subject to hydrolysis) is 1. The smallest absolute Gasteiger partial charge is 0.407 e. The first-order chi connectivity index (χ1) is 9.69. The molecule has 0 aromatic carbocycles. The summed E-state index contributed by atoms with van der Waals surface area (Å²) in [5.41, 5.74) is -0.543. The van der Waals surface area contributed by atoms with Crippen molar-refractivity contribution in [3.63, 3.8) is 0 Å². The predicted molar refractivity (Wildman–Crippen MR) is 75.4 cm³/mol. The molecule has 0 aromatic rings. The van der Waals surface area contributed by atoms with E-state index >= 15 is 0 Å². The molecule has 3 atom stereocenters. The van der Waals surface area contributed by atoms with E-state index in [1.54, 1.807) is 20.8 Å². The summed E-state index contributed by atoms with van der Waals surface area (Å²) >= 11 is 0. The fraction of sp³-hybridized carbons (Fsp3) is 0.929. The minimum absolute atomic E-state index is 0.0355. The van der Waals surface area contributed by atoms with Crippen LogP contribution in [0, 0.1) is 5.92 Å². The van der Waals surface area contributed by atoms with E-state index in [1.807, 2.05) is 0 Å². The summed E-state index contributed by atoms with van der Waals surface area (Å²) < 4.78 is 29.6. The van der Waals surface area contributed by atoms with E-state index in [2.05, 4.69) is 10.6 Å². The number of aliphatic hydroxyl groups excluding tert-OH is 1. The maximum absolute atomic E-state index is 12.2. The molecule has 0 aromatic heterocycles. The van der Waals surface area contributed by atoms with Gasteiger partial charge in [-0.2, -0.15) is 0 Å². The third-order valence-corrected chi connectivity index (χ3v) is 3.45. The molecule has 0 bridgehead atoms. The summed E-state index contributed by atoms with van der Waals surface area (Å²) in [5, 5.41) is 14.8. The zero-order valence-corrected chi connectivity index (χ0v) is 12.9. The van der Waals surface area contributed by atoms with Crippen molar-refractivity contribution < 1.29 is 23.4 Å². The number of ether oxygens (including phenoxy) is 1. The van der Waals surface area contributed by atoms with Crippen LogP contribution in [0.3, 0.4) is 0 Å². The maximum Gasteiger partial charge on any atom is 0.407 e. The zero-order valence-electron chi connectivity index (χ0n) is 12.9. The highest BCUT2D eigenvalue weighted by molar-refractivity contribution is 5.67. The summed E-state index contributed by atoms with van der Waals surface area (Å²) in [5.74, 6) is 0.169. The number of halogens is 2. The highest BCUT2D eigenvalue weighted by Crippen LogP contribution is 2.25. The van der Waals surface area contributed by atoms with Gasteiger partial charge in [-0.1, -0.05) is 6.42 Å². The minimum Gasteiger partial charge on any atom is -0.444 e. The third kappa shape index (κ3) is 7.04. The summed E-state index contributed by atoms with van der Waals surface area (Å²) in [4.78, 5) is 11.6. The van der Waals surface area contributed by atoms with Crippen LogP contribution in [0.15, 0.2) is 0 Å². The van der Waals surface area contributed by atoms with E-state index in [9.17, 15) is 13.6 Å². The quantitative estimate of drug-likeness (QED) is 0.701. The van der Waals surface area contributed by atoms with Gasteiger partial charge in [0.05, 0.1) is 0 Å². The number of hydrogen-bond donors (Lipinski definition) is 3. The Labute approximate surface area is 124 Å². The van der Waals surface area contributed by atoms with Crippen molar-refractivity contribution in [3.05, 3.63) is 0 Å². The molecule has 1 aliphatic carbocycles. The van der Waals surface area contributed by atoms with Crippen molar-refractivity contribution >= 4 is 6.09 Å². The lowest BCUT2D eigenvalue weighted by Gasteiger charge is -2.24. The molecule has 1 rings (SSSR count). The van der Waals surface area contributed by atoms with Crippen molar-refractivity contribution in [3.8, 4) is 0 Å². The van der Waals surface area contributed by atoms with Crippen molar-refractivity contribution in [1.29, 1.82) is 0 Å². The number of amides is 1. The van der Waals surface area contributed by atoms with Gasteiger partial charge in [-0.3, -0.25) is 0 Å². The summed E-state index contributed by atoms with van der Waals surface area (Å²) in [6.45, 7) is 5.68. The first-order valence-corrected chi connectivity index (χ1v) is 7.35. The SMILES string of the molecule is CC(C)(C)OC(=O)NCC1CCCC1NCC(O)C(F)F. The molecule has 1 fully saturated rings. The van der Waals surface area contributed by atoms with Crippen molar-refractivity contribution in [2.75, 3.05) is 13.1 Å². The zero-order chi connectivity index (χ0) is 16.0. The normalized spacial score (nSPS) is 24.1. The molecule has 7 heteroatoms. The number of carbonyl (C=O) groups is 1. The number of carbonyl (C=O) groups excluding carboxylic acids is 1. The lowest BCUT2D eigenvalue weighted by atomic mass is 10.0. The Balaban J connectivity index is 2.32. The number of rotatable bonds is 6. The van der Waals surface area contributed by atoms with Gasteiger partial charge < -0.3 is 20.5 Å². The van der Waals surface area contributed by atoms with Gasteiger partial charge in [-0.15, -0.1) is 0 Å². The molecule has 1 saturated carbocycles. The first-order valence-electron chi connectivity index (χ1n) is 7.35. The van der Waals surface area contributed by atoms with Crippen LogP contribution in [0.5, 0.6) is 0 Å². The third-order valence-electron chi connectivity index (χ3n) is 3.45. The molecule has 1 amide bonds. The standard InChI is InChI=1S/C14H26F2N2O3/c1-14(2,3)21-13(20)18-7-9-5-4-6-10(9)17-8-11(19)12(15)16/h9-12,17,19H,4-8H2,1-3H3,(H,18,20). The highest BCUT2D eigenvalue weighted by Gasteiger charge is 2.29. The van der Waals surface area contributed by atoms with Gasteiger partial charge in [0.25, 0.3) is 6.43 Å².